The van der Waals surface area contributed by atoms with Crippen LogP contribution in [0.3, 0.4) is 0 Å². The topological polar surface area (TPSA) is 29.3 Å². The lowest BCUT2D eigenvalue weighted by molar-refractivity contribution is 0.413. The fourth-order valence-corrected chi connectivity index (χ4v) is 1.46. The summed E-state index contributed by atoms with van der Waals surface area (Å²) < 4.78 is 0. The molecular weight excluding hydrogens is 172 g/mol. The highest BCUT2D eigenvalue weighted by molar-refractivity contribution is 5.23. The summed E-state index contributed by atoms with van der Waals surface area (Å²) in [5.41, 5.74) is 8.28. The Morgan fingerprint density at radius 2 is 1.79 bits per heavy atom. The van der Waals surface area contributed by atoms with Crippen LogP contribution in [0.5, 0.6) is 0 Å². The van der Waals surface area contributed by atoms with Crippen molar-refractivity contribution in [3.8, 4) is 0 Å². The number of nitrogens with two attached hydrogens (primary N) is 1. The van der Waals surface area contributed by atoms with Crippen LogP contribution in [0.2, 0.25) is 0 Å². The van der Waals surface area contributed by atoms with Crippen LogP contribution in [-0.2, 0) is 12.8 Å². The quantitative estimate of drug-likeness (QED) is 0.761. The van der Waals surface area contributed by atoms with E-state index in [1.807, 2.05) is 0 Å². The molecule has 0 aromatic heterocycles. The van der Waals surface area contributed by atoms with Crippen molar-refractivity contribution in [2.45, 2.75) is 12.8 Å². The van der Waals surface area contributed by atoms with Crippen molar-refractivity contribution >= 4 is 0 Å². The molecule has 0 unspecified atom stereocenters. The SMILES string of the molecule is CN(C)CCc1cccc(CCN)c1. The van der Waals surface area contributed by atoms with Crippen molar-refractivity contribution in [3.63, 3.8) is 0 Å². The third-order valence-corrected chi connectivity index (χ3v) is 2.27. The summed E-state index contributed by atoms with van der Waals surface area (Å²) in [4.78, 5) is 2.20. The molecule has 0 aliphatic heterocycles. The van der Waals surface area contributed by atoms with Crippen LogP contribution in [0.15, 0.2) is 24.3 Å². The molecule has 1 aromatic carbocycles. The van der Waals surface area contributed by atoms with E-state index in [4.69, 9.17) is 5.73 Å². The molecule has 14 heavy (non-hydrogen) atoms. The maximum atomic E-state index is 5.52. The summed E-state index contributed by atoms with van der Waals surface area (Å²) in [6, 6.07) is 8.71. The van der Waals surface area contributed by atoms with Crippen molar-refractivity contribution in [3.05, 3.63) is 35.4 Å². The van der Waals surface area contributed by atoms with E-state index >= 15 is 0 Å². The van der Waals surface area contributed by atoms with Gasteiger partial charge < -0.3 is 10.6 Å². The lowest BCUT2D eigenvalue weighted by Gasteiger charge is -2.09. The minimum atomic E-state index is 0.733. The van der Waals surface area contributed by atoms with Gasteiger partial charge in [0.2, 0.25) is 0 Å². The average molecular weight is 192 g/mol. The van der Waals surface area contributed by atoms with Gasteiger partial charge in [0, 0.05) is 6.54 Å². The van der Waals surface area contributed by atoms with Gasteiger partial charge in [-0.1, -0.05) is 24.3 Å². The van der Waals surface area contributed by atoms with Gasteiger partial charge in [-0.2, -0.15) is 0 Å². The van der Waals surface area contributed by atoms with E-state index in [-0.39, 0.29) is 0 Å². The largest absolute Gasteiger partial charge is 0.330 e. The fraction of sp³-hybridized carbons (Fsp3) is 0.500. The Balaban J connectivity index is 2.54. The Bertz CT molecular complexity index is 269. The maximum Gasteiger partial charge on any atom is 0.00157 e. The standard InChI is InChI=1S/C12H20N2/c1-14(2)9-7-12-5-3-4-11(10-12)6-8-13/h3-5,10H,6-9,13H2,1-2H3. The van der Waals surface area contributed by atoms with Crippen LogP contribution in [0, 0.1) is 0 Å². The third-order valence-electron chi connectivity index (χ3n) is 2.27. The predicted octanol–water partition coefficient (Wildman–Crippen LogP) is 1.29. The minimum Gasteiger partial charge on any atom is -0.330 e. The zero-order chi connectivity index (χ0) is 10.4. The first-order valence-corrected chi connectivity index (χ1v) is 5.15. The second kappa shape index (κ2) is 5.78. The van der Waals surface area contributed by atoms with Crippen LogP contribution in [0.4, 0.5) is 0 Å². The first kappa shape index (κ1) is 11.2. The van der Waals surface area contributed by atoms with Gasteiger partial charge in [-0.05, 0) is 44.6 Å². The highest BCUT2D eigenvalue weighted by Crippen LogP contribution is 2.06. The Hall–Kier alpha value is -0.860. The van der Waals surface area contributed by atoms with E-state index in [0.29, 0.717) is 0 Å². The molecule has 2 N–H and O–H groups in total. The molecule has 2 heteroatoms. The summed E-state index contributed by atoms with van der Waals surface area (Å²) in [5, 5.41) is 0. The van der Waals surface area contributed by atoms with Gasteiger partial charge in [-0.3, -0.25) is 0 Å². The smallest absolute Gasteiger partial charge is 0.00157 e. The first-order chi connectivity index (χ1) is 6.72. The first-order valence-electron chi connectivity index (χ1n) is 5.15. The van der Waals surface area contributed by atoms with Gasteiger partial charge in [0.05, 0.1) is 0 Å². The second-order valence-electron chi connectivity index (χ2n) is 3.91. The summed E-state index contributed by atoms with van der Waals surface area (Å²) in [6.45, 7) is 1.84. The number of benzene rings is 1. The molecule has 0 bridgehead atoms. The van der Waals surface area contributed by atoms with E-state index in [9.17, 15) is 0 Å². The molecule has 0 fully saturated rings. The molecule has 0 saturated heterocycles. The van der Waals surface area contributed by atoms with E-state index in [2.05, 4.69) is 43.3 Å². The molecule has 2 nitrogen and oxygen atoms in total. The van der Waals surface area contributed by atoms with Crippen LogP contribution < -0.4 is 5.73 Å². The Kier molecular flexibility index (Phi) is 4.63. The van der Waals surface area contributed by atoms with E-state index in [1.165, 1.54) is 11.1 Å². The molecule has 78 valence electrons. The van der Waals surface area contributed by atoms with Gasteiger partial charge in [0.25, 0.3) is 0 Å². The summed E-state index contributed by atoms with van der Waals surface area (Å²) in [7, 11) is 4.20. The molecule has 0 saturated carbocycles. The van der Waals surface area contributed by atoms with E-state index < -0.39 is 0 Å². The molecule has 1 rings (SSSR count). The molecular formula is C12H20N2. The molecule has 1 aromatic rings. The lowest BCUT2D eigenvalue weighted by atomic mass is 10.1. The van der Waals surface area contributed by atoms with Gasteiger partial charge in [-0.15, -0.1) is 0 Å². The number of hydrogen-bond donors (Lipinski definition) is 1. The number of hydrogen-bond acceptors (Lipinski definition) is 2. The fourth-order valence-electron chi connectivity index (χ4n) is 1.46. The van der Waals surface area contributed by atoms with Crippen molar-refractivity contribution in [2.24, 2.45) is 5.73 Å². The predicted molar refractivity (Wildman–Crippen MR) is 61.5 cm³/mol. The van der Waals surface area contributed by atoms with Crippen LogP contribution in [0.1, 0.15) is 11.1 Å². The average Bonchev–Trinajstić information content (AvgIpc) is 2.16. The summed E-state index contributed by atoms with van der Waals surface area (Å²) >= 11 is 0. The van der Waals surface area contributed by atoms with Crippen molar-refractivity contribution in [1.29, 1.82) is 0 Å². The molecule has 0 amide bonds. The molecule has 0 aliphatic carbocycles. The van der Waals surface area contributed by atoms with Crippen molar-refractivity contribution < 1.29 is 0 Å². The van der Waals surface area contributed by atoms with E-state index in [0.717, 1.165) is 25.9 Å². The number of likely N-dealkylation sites (N-methyl/N-ethyl adjacent to an activating group) is 1. The summed E-state index contributed by atoms with van der Waals surface area (Å²) in [5.74, 6) is 0. The third kappa shape index (κ3) is 3.90. The zero-order valence-electron chi connectivity index (χ0n) is 9.16. The molecule has 0 spiro atoms. The van der Waals surface area contributed by atoms with Crippen molar-refractivity contribution in [2.75, 3.05) is 27.2 Å². The number of rotatable bonds is 5. The lowest BCUT2D eigenvalue weighted by Crippen LogP contribution is -2.15. The van der Waals surface area contributed by atoms with Crippen LogP contribution in [-0.4, -0.2) is 32.1 Å². The maximum absolute atomic E-state index is 5.52. The molecule has 0 radical (unpaired) electrons. The van der Waals surface area contributed by atoms with Gasteiger partial charge >= 0.3 is 0 Å². The Morgan fingerprint density at radius 1 is 1.14 bits per heavy atom. The zero-order valence-corrected chi connectivity index (χ0v) is 9.16. The van der Waals surface area contributed by atoms with Gasteiger partial charge in [0.1, 0.15) is 0 Å². The Labute approximate surface area is 86.7 Å². The van der Waals surface area contributed by atoms with Gasteiger partial charge in [0.15, 0.2) is 0 Å². The van der Waals surface area contributed by atoms with Crippen LogP contribution >= 0.6 is 0 Å². The molecule has 0 aliphatic rings. The van der Waals surface area contributed by atoms with E-state index in [1.54, 1.807) is 0 Å². The highest BCUT2D eigenvalue weighted by Gasteiger charge is 1.96. The summed E-state index contributed by atoms with van der Waals surface area (Å²) in [6.07, 6.45) is 2.10. The highest BCUT2D eigenvalue weighted by atomic mass is 15.0. The second-order valence-corrected chi connectivity index (χ2v) is 3.91. The normalized spacial score (nSPS) is 10.9. The molecule has 0 atom stereocenters. The Morgan fingerprint density at radius 3 is 2.36 bits per heavy atom. The van der Waals surface area contributed by atoms with Crippen molar-refractivity contribution in [1.82, 2.24) is 4.90 Å². The number of nitrogens with zero attached hydrogens (tertiary/aromatic N) is 1. The van der Waals surface area contributed by atoms with Gasteiger partial charge in [-0.25, -0.2) is 0 Å². The van der Waals surface area contributed by atoms with Crippen LogP contribution in [0.25, 0.3) is 0 Å². The monoisotopic (exact) mass is 192 g/mol. The minimum absolute atomic E-state index is 0.733. The molecule has 0 heterocycles.